The summed E-state index contributed by atoms with van der Waals surface area (Å²) in [5.74, 6) is -0.653. The van der Waals surface area contributed by atoms with Crippen LogP contribution in [0.3, 0.4) is 0 Å². The minimum atomic E-state index is -0.341. The van der Waals surface area contributed by atoms with Crippen LogP contribution in [0.1, 0.15) is 26.3 Å². The predicted octanol–water partition coefficient (Wildman–Crippen LogP) is 4.87. The van der Waals surface area contributed by atoms with Gasteiger partial charge in [0.2, 0.25) is 0 Å². The van der Waals surface area contributed by atoms with Gasteiger partial charge in [-0.15, -0.1) is 0 Å². The van der Waals surface area contributed by atoms with E-state index in [-0.39, 0.29) is 22.2 Å². The van der Waals surface area contributed by atoms with Gasteiger partial charge in [-0.1, -0.05) is 78.3 Å². The van der Waals surface area contributed by atoms with Crippen LogP contribution in [-0.2, 0) is 0 Å². The first-order valence-electron chi connectivity index (χ1n) is 7.25. The standard InChI is InChI=1S/C20H11ClO2/c21-18-14-10-4-8-12-9-5-11-15(16(12)14)20(23)17(18)19(22)13-6-2-1-3-7-13/h1-11H. The Balaban J connectivity index is 2.00. The van der Waals surface area contributed by atoms with Crippen LogP contribution in [0.2, 0.25) is 0 Å². The van der Waals surface area contributed by atoms with E-state index in [4.69, 9.17) is 11.6 Å². The molecule has 0 spiro atoms. The first-order chi connectivity index (χ1) is 11.2. The molecule has 0 amide bonds. The second-order valence-corrected chi connectivity index (χ2v) is 5.80. The fourth-order valence-electron chi connectivity index (χ4n) is 3.02. The lowest BCUT2D eigenvalue weighted by Gasteiger charge is -2.19. The monoisotopic (exact) mass is 318 g/mol. The van der Waals surface area contributed by atoms with Gasteiger partial charge in [0.05, 0.1) is 10.6 Å². The zero-order chi connectivity index (χ0) is 16.0. The lowest BCUT2D eigenvalue weighted by Crippen LogP contribution is -2.18. The molecule has 0 saturated heterocycles. The van der Waals surface area contributed by atoms with Gasteiger partial charge >= 0.3 is 0 Å². The second-order valence-electron chi connectivity index (χ2n) is 5.42. The van der Waals surface area contributed by atoms with Crippen molar-refractivity contribution in [1.82, 2.24) is 0 Å². The van der Waals surface area contributed by atoms with Gasteiger partial charge in [0, 0.05) is 22.1 Å². The molecule has 3 heteroatoms. The average Bonchev–Trinajstić information content (AvgIpc) is 2.60. The third-order valence-corrected chi connectivity index (χ3v) is 4.49. The van der Waals surface area contributed by atoms with Crippen molar-refractivity contribution in [2.75, 3.05) is 0 Å². The average molecular weight is 319 g/mol. The van der Waals surface area contributed by atoms with Gasteiger partial charge in [-0.25, -0.2) is 0 Å². The summed E-state index contributed by atoms with van der Waals surface area (Å²) in [6.07, 6.45) is 0. The molecule has 0 aliphatic heterocycles. The van der Waals surface area contributed by atoms with E-state index >= 15 is 0 Å². The van der Waals surface area contributed by atoms with E-state index in [0.717, 1.165) is 16.3 Å². The molecule has 110 valence electrons. The first-order valence-corrected chi connectivity index (χ1v) is 7.62. The van der Waals surface area contributed by atoms with E-state index < -0.39 is 0 Å². The van der Waals surface area contributed by atoms with Gasteiger partial charge in [0.1, 0.15) is 0 Å². The summed E-state index contributed by atoms with van der Waals surface area (Å²) < 4.78 is 0. The lowest BCUT2D eigenvalue weighted by molar-refractivity contribution is 0.0964. The van der Waals surface area contributed by atoms with Gasteiger partial charge in [0.25, 0.3) is 0 Å². The minimum absolute atomic E-state index is 0.0454. The number of rotatable bonds is 2. The van der Waals surface area contributed by atoms with Crippen molar-refractivity contribution in [3.63, 3.8) is 0 Å². The van der Waals surface area contributed by atoms with E-state index in [9.17, 15) is 9.59 Å². The molecule has 1 aliphatic carbocycles. The highest BCUT2D eigenvalue weighted by Gasteiger charge is 2.31. The van der Waals surface area contributed by atoms with Crippen molar-refractivity contribution in [1.29, 1.82) is 0 Å². The molecule has 2 nitrogen and oxygen atoms in total. The molecular weight excluding hydrogens is 308 g/mol. The van der Waals surface area contributed by atoms with Crippen LogP contribution in [0.5, 0.6) is 0 Å². The number of hydrogen-bond donors (Lipinski definition) is 0. The van der Waals surface area contributed by atoms with Gasteiger partial charge in [-0.2, -0.15) is 0 Å². The number of carbonyl (C=O) groups is 2. The van der Waals surface area contributed by atoms with Crippen LogP contribution in [0, 0.1) is 0 Å². The first kappa shape index (κ1) is 13.9. The van der Waals surface area contributed by atoms with Gasteiger partial charge in [-0.05, 0) is 5.39 Å². The third kappa shape index (κ3) is 2.03. The molecule has 0 aromatic heterocycles. The quantitative estimate of drug-likeness (QED) is 0.499. The molecule has 0 saturated carbocycles. The van der Waals surface area contributed by atoms with E-state index in [1.54, 1.807) is 30.3 Å². The largest absolute Gasteiger partial charge is 0.288 e. The van der Waals surface area contributed by atoms with Crippen molar-refractivity contribution < 1.29 is 9.59 Å². The number of hydrogen-bond acceptors (Lipinski definition) is 2. The molecule has 0 bridgehead atoms. The minimum Gasteiger partial charge on any atom is -0.288 e. The van der Waals surface area contributed by atoms with E-state index in [2.05, 4.69) is 0 Å². The van der Waals surface area contributed by atoms with Crippen LogP contribution in [0.25, 0.3) is 15.8 Å². The summed E-state index contributed by atoms with van der Waals surface area (Å²) in [6, 6.07) is 19.9. The van der Waals surface area contributed by atoms with E-state index in [1.165, 1.54) is 0 Å². The molecule has 0 N–H and O–H groups in total. The highest BCUT2D eigenvalue weighted by molar-refractivity contribution is 6.58. The number of halogens is 1. The zero-order valence-electron chi connectivity index (χ0n) is 12.0. The zero-order valence-corrected chi connectivity index (χ0v) is 12.8. The van der Waals surface area contributed by atoms with Gasteiger partial charge in [-0.3, -0.25) is 9.59 Å². The topological polar surface area (TPSA) is 34.1 Å². The Bertz CT molecular complexity index is 995. The molecule has 1 aliphatic rings. The van der Waals surface area contributed by atoms with Crippen LogP contribution in [0.4, 0.5) is 0 Å². The second kappa shape index (κ2) is 5.18. The fraction of sp³-hybridized carbons (Fsp3) is 0. The molecule has 0 radical (unpaired) electrons. The molecule has 4 rings (SSSR count). The number of benzene rings is 3. The molecule has 3 aromatic carbocycles. The molecule has 3 aromatic rings. The van der Waals surface area contributed by atoms with Gasteiger partial charge < -0.3 is 0 Å². The maximum absolute atomic E-state index is 12.9. The number of allylic oxidation sites excluding steroid dienone is 1. The van der Waals surface area contributed by atoms with Crippen LogP contribution >= 0.6 is 11.6 Å². The highest BCUT2D eigenvalue weighted by Crippen LogP contribution is 2.39. The van der Waals surface area contributed by atoms with E-state index in [1.807, 2.05) is 36.4 Å². The Morgan fingerprint density at radius 3 is 2.13 bits per heavy atom. The Labute approximate surface area is 138 Å². The van der Waals surface area contributed by atoms with Gasteiger partial charge in [0.15, 0.2) is 11.6 Å². The molecule has 0 unspecified atom stereocenters. The van der Waals surface area contributed by atoms with E-state index in [0.29, 0.717) is 11.1 Å². The summed E-state index contributed by atoms with van der Waals surface area (Å²) in [4.78, 5) is 25.7. The Hall–Kier alpha value is -2.71. The molecule has 23 heavy (non-hydrogen) atoms. The number of carbonyl (C=O) groups excluding carboxylic acids is 2. The van der Waals surface area contributed by atoms with Crippen LogP contribution in [-0.4, -0.2) is 11.6 Å². The Kier molecular flexibility index (Phi) is 3.14. The Morgan fingerprint density at radius 1 is 0.783 bits per heavy atom. The summed E-state index contributed by atoms with van der Waals surface area (Å²) in [6.45, 7) is 0. The lowest BCUT2D eigenvalue weighted by atomic mass is 9.85. The normalized spacial score (nSPS) is 13.5. The van der Waals surface area contributed by atoms with Crippen molar-refractivity contribution >= 4 is 39.0 Å². The van der Waals surface area contributed by atoms with Crippen molar-refractivity contribution in [3.05, 3.63) is 89.0 Å². The molecule has 0 atom stereocenters. The molecular formula is C20H11ClO2. The maximum Gasteiger partial charge on any atom is 0.199 e. The molecule has 0 fully saturated rings. The highest BCUT2D eigenvalue weighted by atomic mass is 35.5. The SMILES string of the molecule is O=C(C1=C(Cl)c2cccc3cccc(c23)C1=O)c1ccccc1. The van der Waals surface area contributed by atoms with Crippen molar-refractivity contribution in [2.45, 2.75) is 0 Å². The maximum atomic E-state index is 12.9. The summed E-state index contributed by atoms with van der Waals surface area (Å²) in [5, 5.41) is 1.99. The number of ketones is 2. The van der Waals surface area contributed by atoms with Crippen molar-refractivity contribution in [3.8, 4) is 0 Å². The predicted molar refractivity (Wildman–Crippen MR) is 91.8 cm³/mol. The summed E-state index contributed by atoms with van der Waals surface area (Å²) in [7, 11) is 0. The van der Waals surface area contributed by atoms with Crippen LogP contribution < -0.4 is 0 Å². The van der Waals surface area contributed by atoms with Crippen molar-refractivity contribution in [2.24, 2.45) is 0 Å². The summed E-state index contributed by atoms with van der Waals surface area (Å²) >= 11 is 6.46. The smallest absolute Gasteiger partial charge is 0.199 e. The fourth-order valence-corrected chi connectivity index (χ4v) is 3.35. The third-order valence-electron chi connectivity index (χ3n) is 4.10. The molecule has 0 heterocycles. The number of Topliss-reactive ketones (excluding diaryl/α,β-unsaturated/α-hetero) is 2. The Morgan fingerprint density at radius 2 is 1.43 bits per heavy atom. The van der Waals surface area contributed by atoms with Crippen LogP contribution in [0.15, 0.2) is 72.3 Å². The summed E-state index contributed by atoms with van der Waals surface area (Å²) in [5.41, 5.74) is 1.77.